The molecule has 0 unspecified atom stereocenters. The number of aryl methyl sites for hydroxylation is 1. The van der Waals surface area contributed by atoms with Crippen LogP contribution in [-0.2, 0) is 11.3 Å². The molecule has 0 spiro atoms. The topological polar surface area (TPSA) is 80.9 Å². The van der Waals surface area contributed by atoms with Crippen LogP contribution in [0.2, 0.25) is 0 Å². The first-order valence-electron chi connectivity index (χ1n) is 8.58. The van der Waals surface area contributed by atoms with Crippen LogP contribution in [0.3, 0.4) is 0 Å². The molecule has 0 bridgehead atoms. The van der Waals surface area contributed by atoms with Gasteiger partial charge in [0.05, 0.1) is 32.5 Å². The van der Waals surface area contributed by atoms with Crippen molar-refractivity contribution in [1.82, 2.24) is 15.0 Å². The lowest BCUT2D eigenvalue weighted by molar-refractivity contribution is 0.00707. The quantitative estimate of drug-likeness (QED) is 0.783. The molecule has 1 aromatic carbocycles. The van der Waals surface area contributed by atoms with E-state index < -0.39 is 6.10 Å². The Kier molecular flexibility index (Phi) is 6.01. The van der Waals surface area contributed by atoms with Gasteiger partial charge in [-0.3, -0.25) is 4.90 Å². The lowest BCUT2D eigenvalue weighted by Gasteiger charge is -2.24. The van der Waals surface area contributed by atoms with Gasteiger partial charge in [0.15, 0.2) is 5.82 Å². The van der Waals surface area contributed by atoms with E-state index in [9.17, 15) is 5.11 Å². The van der Waals surface area contributed by atoms with E-state index in [1.54, 1.807) is 14.0 Å². The molecule has 2 heterocycles. The van der Waals surface area contributed by atoms with Crippen LogP contribution in [0.25, 0.3) is 0 Å². The van der Waals surface area contributed by atoms with Crippen LogP contribution < -0.4 is 4.74 Å². The van der Waals surface area contributed by atoms with Gasteiger partial charge in [0.2, 0.25) is 5.89 Å². The predicted octanol–water partition coefficient (Wildman–Crippen LogP) is 2.10. The summed E-state index contributed by atoms with van der Waals surface area (Å²) in [6.07, 6.45) is 1.49. The second-order valence-electron chi connectivity index (χ2n) is 6.35. The molecule has 1 saturated heterocycles. The third-order valence-corrected chi connectivity index (χ3v) is 4.36. The second kappa shape index (κ2) is 8.42. The minimum absolute atomic E-state index is 0.116. The Hall–Kier alpha value is -1.96. The molecule has 2 atom stereocenters. The number of hydrogen-bond acceptors (Lipinski definition) is 7. The van der Waals surface area contributed by atoms with Gasteiger partial charge >= 0.3 is 0 Å². The largest absolute Gasteiger partial charge is 0.497 e. The number of aliphatic hydroxyl groups excluding tert-OH is 1. The Morgan fingerprint density at radius 2 is 2.32 bits per heavy atom. The van der Waals surface area contributed by atoms with Gasteiger partial charge in [0, 0.05) is 13.5 Å². The zero-order valence-corrected chi connectivity index (χ0v) is 14.7. The molecule has 1 N–H and O–H groups in total. The van der Waals surface area contributed by atoms with E-state index in [-0.39, 0.29) is 12.6 Å². The van der Waals surface area contributed by atoms with Crippen molar-refractivity contribution >= 4 is 0 Å². The number of β-amino-alcohol motifs (C(OH)–C–C–N with tert-alkyl or cyclic N) is 1. The highest BCUT2D eigenvalue weighted by Gasteiger charge is 2.30. The van der Waals surface area contributed by atoms with Crippen LogP contribution in [0.1, 0.15) is 36.2 Å². The van der Waals surface area contributed by atoms with Gasteiger partial charge in [0.1, 0.15) is 5.75 Å². The first-order valence-corrected chi connectivity index (χ1v) is 8.58. The SMILES string of the molecule is COc1cccc(COC[C@@H](O)CN2CCC[C@H]2c2noc(C)n2)c1. The molecule has 3 rings (SSSR count). The summed E-state index contributed by atoms with van der Waals surface area (Å²) in [5.41, 5.74) is 1.02. The number of ether oxygens (including phenoxy) is 2. The van der Waals surface area contributed by atoms with E-state index in [1.165, 1.54) is 0 Å². The Labute approximate surface area is 147 Å². The number of nitrogens with zero attached hydrogens (tertiary/aromatic N) is 3. The highest BCUT2D eigenvalue weighted by atomic mass is 16.5. The zero-order chi connectivity index (χ0) is 17.6. The number of rotatable bonds is 8. The molecule has 0 amide bonds. The number of methoxy groups -OCH3 is 1. The first kappa shape index (κ1) is 17.8. The van der Waals surface area contributed by atoms with E-state index in [0.29, 0.717) is 24.9 Å². The average Bonchev–Trinajstić information content (AvgIpc) is 3.23. The molecule has 1 aliphatic heterocycles. The van der Waals surface area contributed by atoms with Crippen LogP contribution in [0, 0.1) is 6.92 Å². The summed E-state index contributed by atoms with van der Waals surface area (Å²) in [7, 11) is 1.64. The Balaban J connectivity index is 1.46. The van der Waals surface area contributed by atoms with Gasteiger partial charge in [-0.15, -0.1) is 0 Å². The summed E-state index contributed by atoms with van der Waals surface area (Å²) in [4.78, 5) is 6.52. The van der Waals surface area contributed by atoms with Crippen molar-refractivity contribution in [3.63, 3.8) is 0 Å². The van der Waals surface area contributed by atoms with Gasteiger partial charge in [-0.2, -0.15) is 4.98 Å². The summed E-state index contributed by atoms with van der Waals surface area (Å²) in [5, 5.41) is 14.3. The molecule has 0 aliphatic carbocycles. The standard InChI is InChI=1S/C18H25N3O4/c1-13-19-18(20-25-13)17-7-4-8-21(17)10-15(22)12-24-11-14-5-3-6-16(9-14)23-2/h3,5-6,9,15,17,22H,4,7-8,10-12H2,1-2H3/t15-,17-/m0/s1. The molecule has 0 saturated carbocycles. The predicted molar refractivity (Wildman–Crippen MR) is 91.2 cm³/mol. The Morgan fingerprint density at radius 1 is 1.44 bits per heavy atom. The number of hydrogen-bond donors (Lipinski definition) is 1. The Morgan fingerprint density at radius 3 is 3.08 bits per heavy atom. The maximum atomic E-state index is 10.3. The molecule has 136 valence electrons. The minimum atomic E-state index is -0.556. The highest BCUT2D eigenvalue weighted by Crippen LogP contribution is 2.30. The van der Waals surface area contributed by atoms with Gasteiger partial charge in [-0.1, -0.05) is 17.3 Å². The van der Waals surface area contributed by atoms with Crippen molar-refractivity contribution < 1.29 is 19.1 Å². The molecule has 7 heteroatoms. The molecule has 25 heavy (non-hydrogen) atoms. The van der Waals surface area contributed by atoms with E-state index in [1.807, 2.05) is 24.3 Å². The van der Waals surface area contributed by atoms with Gasteiger partial charge in [-0.25, -0.2) is 0 Å². The van der Waals surface area contributed by atoms with Crippen LogP contribution >= 0.6 is 0 Å². The van der Waals surface area contributed by atoms with E-state index in [4.69, 9.17) is 14.0 Å². The monoisotopic (exact) mass is 347 g/mol. The lowest BCUT2D eigenvalue weighted by atomic mass is 10.2. The van der Waals surface area contributed by atoms with E-state index in [2.05, 4.69) is 15.0 Å². The van der Waals surface area contributed by atoms with Crippen molar-refractivity contribution in [3.8, 4) is 5.75 Å². The second-order valence-corrected chi connectivity index (χ2v) is 6.35. The van der Waals surface area contributed by atoms with Crippen molar-refractivity contribution in [2.24, 2.45) is 0 Å². The average molecular weight is 347 g/mol. The van der Waals surface area contributed by atoms with Gasteiger partial charge in [0.25, 0.3) is 0 Å². The number of aliphatic hydroxyl groups is 1. The summed E-state index contributed by atoms with van der Waals surface area (Å²) in [6.45, 7) is 3.98. The summed E-state index contributed by atoms with van der Waals surface area (Å²) >= 11 is 0. The number of likely N-dealkylation sites (tertiary alicyclic amines) is 1. The molecular weight excluding hydrogens is 322 g/mol. The fraction of sp³-hybridized carbons (Fsp3) is 0.556. The fourth-order valence-corrected chi connectivity index (χ4v) is 3.19. The molecule has 7 nitrogen and oxygen atoms in total. The maximum Gasteiger partial charge on any atom is 0.223 e. The molecule has 1 fully saturated rings. The van der Waals surface area contributed by atoms with Gasteiger partial charge in [-0.05, 0) is 37.1 Å². The van der Waals surface area contributed by atoms with Crippen molar-refractivity contribution in [2.75, 3.05) is 26.8 Å². The van der Waals surface area contributed by atoms with Gasteiger partial charge < -0.3 is 19.1 Å². The lowest BCUT2D eigenvalue weighted by Crippen LogP contribution is -2.35. The van der Waals surface area contributed by atoms with E-state index in [0.717, 1.165) is 30.7 Å². The van der Waals surface area contributed by atoms with Crippen LogP contribution in [0.4, 0.5) is 0 Å². The van der Waals surface area contributed by atoms with Crippen molar-refractivity contribution in [3.05, 3.63) is 41.5 Å². The molecule has 2 aromatic rings. The Bertz CT molecular complexity index is 676. The number of benzene rings is 1. The van der Waals surface area contributed by atoms with Crippen LogP contribution in [-0.4, -0.2) is 53.1 Å². The fourth-order valence-electron chi connectivity index (χ4n) is 3.19. The first-order chi connectivity index (χ1) is 12.2. The maximum absolute atomic E-state index is 10.3. The van der Waals surface area contributed by atoms with Crippen molar-refractivity contribution in [2.45, 2.75) is 38.5 Å². The van der Waals surface area contributed by atoms with Crippen molar-refractivity contribution in [1.29, 1.82) is 0 Å². The van der Waals surface area contributed by atoms with E-state index >= 15 is 0 Å². The zero-order valence-electron chi connectivity index (χ0n) is 14.7. The normalized spacial score (nSPS) is 19.2. The molecule has 1 aromatic heterocycles. The third-order valence-electron chi connectivity index (χ3n) is 4.36. The summed E-state index contributed by atoms with van der Waals surface area (Å²) < 4.78 is 15.9. The molecule has 1 aliphatic rings. The number of aromatic nitrogens is 2. The molecular formula is C18H25N3O4. The summed E-state index contributed by atoms with van der Waals surface area (Å²) in [5.74, 6) is 2.08. The third kappa shape index (κ3) is 4.78. The summed E-state index contributed by atoms with van der Waals surface area (Å²) in [6, 6.07) is 7.84. The molecule has 0 radical (unpaired) electrons. The van der Waals surface area contributed by atoms with Crippen LogP contribution in [0.15, 0.2) is 28.8 Å². The smallest absolute Gasteiger partial charge is 0.223 e. The highest BCUT2D eigenvalue weighted by molar-refractivity contribution is 5.27. The minimum Gasteiger partial charge on any atom is -0.497 e. The van der Waals surface area contributed by atoms with Crippen LogP contribution in [0.5, 0.6) is 5.75 Å².